The van der Waals surface area contributed by atoms with Crippen molar-refractivity contribution in [2.24, 2.45) is 0 Å². The van der Waals surface area contributed by atoms with E-state index < -0.39 is 16.6 Å². The normalized spacial score (nSPS) is 10.2. The summed E-state index contributed by atoms with van der Waals surface area (Å²) in [6, 6.07) is 4.92. The van der Waals surface area contributed by atoms with Crippen molar-refractivity contribution < 1.29 is 19.6 Å². The second-order valence-electron chi connectivity index (χ2n) is 3.75. The monoisotopic (exact) mass is 328 g/mol. The van der Waals surface area contributed by atoms with Crippen molar-refractivity contribution in [3.8, 4) is 11.5 Å². The van der Waals surface area contributed by atoms with E-state index in [1.807, 2.05) is 0 Å². The number of hydrogen-bond acceptors (Lipinski definition) is 5. The van der Waals surface area contributed by atoms with Crippen LogP contribution in [-0.4, -0.2) is 21.0 Å². The lowest BCUT2D eigenvalue weighted by atomic mass is 10.3. The number of pyridine rings is 1. The van der Waals surface area contributed by atoms with Crippen molar-refractivity contribution in [2.45, 2.75) is 0 Å². The number of nitro groups is 1. The highest BCUT2D eigenvalue weighted by Crippen LogP contribution is 2.38. The van der Waals surface area contributed by atoms with E-state index >= 15 is 0 Å². The van der Waals surface area contributed by atoms with Crippen LogP contribution >= 0.6 is 23.2 Å². The SMILES string of the molecule is O=C(O)c1ncccc1Oc1cc(Cl)c(Cl)cc1[N+](=O)[O-]. The van der Waals surface area contributed by atoms with Crippen LogP contribution in [0.25, 0.3) is 0 Å². The van der Waals surface area contributed by atoms with Crippen LogP contribution < -0.4 is 4.74 Å². The molecule has 0 radical (unpaired) electrons. The molecule has 1 aromatic carbocycles. The van der Waals surface area contributed by atoms with E-state index in [9.17, 15) is 14.9 Å². The fourth-order valence-corrected chi connectivity index (χ4v) is 1.81. The Balaban J connectivity index is 2.52. The molecule has 1 N–H and O–H groups in total. The fraction of sp³-hybridized carbons (Fsp3) is 0. The molecule has 0 amide bonds. The lowest BCUT2D eigenvalue weighted by molar-refractivity contribution is -0.385. The highest BCUT2D eigenvalue weighted by Gasteiger charge is 2.21. The third-order valence-electron chi connectivity index (χ3n) is 2.39. The predicted molar refractivity (Wildman–Crippen MR) is 74.4 cm³/mol. The molecule has 108 valence electrons. The van der Waals surface area contributed by atoms with E-state index in [-0.39, 0.29) is 27.2 Å². The predicted octanol–water partition coefficient (Wildman–Crippen LogP) is 3.79. The van der Waals surface area contributed by atoms with Crippen LogP contribution in [-0.2, 0) is 0 Å². The van der Waals surface area contributed by atoms with Gasteiger partial charge in [-0.25, -0.2) is 9.78 Å². The van der Waals surface area contributed by atoms with Gasteiger partial charge in [-0.15, -0.1) is 0 Å². The summed E-state index contributed by atoms with van der Waals surface area (Å²) in [5.41, 5.74) is -0.817. The first kappa shape index (κ1) is 15.0. The Morgan fingerprint density at radius 1 is 1.29 bits per heavy atom. The van der Waals surface area contributed by atoms with E-state index in [0.717, 1.165) is 12.1 Å². The minimum atomic E-state index is -1.33. The summed E-state index contributed by atoms with van der Waals surface area (Å²) < 4.78 is 5.27. The molecule has 0 saturated carbocycles. The smallest absolute Gasteiger partial charge is 0.358 e. The summed E-state index contributed by atoms with van der Waals surface area (Å²) >= 11 is 11.5. The van der Waals surface area contributed by atoms with Crippen LogP contribution in [0.1, 0.15) is 10.5 Å². The summed E-state index contributed by atoms with van der Waals surface area (Å²) in [5.74, 6) is -1.70. The van der Waals surface area contributed by atoms with Gasteiger partial charge in [0.1, 0.15) is 0 Å². The Labute approximate surface area is 127 Å². The van der Waals surface area contributed by atoms with Crippen LogP contribution in [0.5, 0.6) is 11.5 Å². The van der Waals surface area contributed by atoms with Crippen LogP contribution in [0.2, 0.25) is 10.0 Å². The van der Waals surface area contributed by atoms with Gasteiger partial charge in [-0.1, -0.05) is 23.2 Å². The number of carboxylic acids is 1. The van der Waals surface area contributed by atoms with Crippen molar-refractivity contribution in [3.63, 3.8) is 0 Å². The van der Waals surface area contributed by atoms with Gasteiger partial charge in [-0.3, -0.25) is 10.1 Å². The molecule has 0 spiro atoms. The molecule has 21 heavy (non-hydrogen) atoms. The van der Waals surface area contributed by atoms with Gasteiger partial charge in [0.15, 0.2) is 11.4 Å². The molecule has 0 aliphatic rings. The standard InChI is InChI=1S/C12H6Cl2N2O5/c13-6-4-8(16(19)20)10(5-7(6)14)21-9-2-1-3-15-11(9)12(17)18/h1-5H,(H,17,18). The van der Waals surface area contributed by atoms with Gasteiger partial charge in [0.2, 0.25) is 5.75 Å². The first-order valence-electron chi connectivity index (χ1n) is 5.39. The molecule has 1 aromatic heterocycles. The number of nitro benzene ring substituents is 1. The summed E-state index contributed by atoms with van der Waals surface area (Å²) in [7, 11) is 0. The molecule has 0 fully saturated rings. The topological polar surface area (TPSA) is 103 Å². The molecule has 2 rings (SSSR count). The average molecular weight is 329 g/mol. The molecule has 1 heterocycles. The lowest BCUT2D eigenvalue weighted by Gasteiger charge is -2.09. The number of nitrogens with zero attached hydrogens (tertiary/aromatic N) is 2. The zero-order valence-electron chi connectivity index (χ0n) is 10.1. The zero-order chi connectivity index (χ0) is 15.6. The highest BCUT2D eigenvalue weighted by molar-refractivity contribution is 6.42. The van der Waals surface area contributed by atoms with Gasteiger partial charge in [-0.05, 0) is 12.1 Å². The number of hydrogen-bond donors (Lipinski definition) is 1. The maximum atomic E-state index is 11.0. The van der Waals surface area contributed by atoms with Crippen LogP contribution in [0.4, 0.5) is 5.69 Å². The van der Waals surface area contributed by atoms with Crippen molar-refractivity contribution >= 4 is 34.9 Å². The van der Waals surface area contributed by atoms with E-state index in [1.54, 1.807) is 0 Å². The Hall–Kier alpha value is -2.38. The van der Waals surface area contributed by atoms with Gasteiger partial charge < -0.3 is 9.84 Å². The summed E-state index contributed by atoms with van der Waals surface area (Å²) in [4.78, 5) is 24.9. The first-order chi connectivity index (χ1) is 9.90. The summed E-state index contributed by atoms with van der Waals surface area (Å²) in [5, 5.41) is 20.0. The van der Waals surface area contributed by atoms with E-state index in [0.29, 0.717) is 0 Å². The van der Waals surface area contributed by atoms with Gasteiger partial charge >= 0.3 is 11.7 Å². The molecule has 7 nitrogen and oxygen atoms in total. The average Bonchev–Trinajstić information content (AvgIpc) is 2.42. The number of ether oxygens (including phenoxy) is 1. The second kappa shape index (κ2) is 5.94. The van der Waals surface area contributed by atoms with Crippen LogP contribution in [0, 0.1) is 10.1 Å². The largest absolute Gasteiger partial charge is 0.476 e. The van der Waals surface area contributed by atoms with Gasteiger partial charge in [0.05, 0.1) is 15.0 Å². The molecular formula is C12H6Cl2N2O5. The van der Waals surface area contributed by atoms with Gasteiger partial charge in [-0.2, -0.15) is 0 Å². The number of benzene rings is 1. The van der Waals surface area contributed by atoms with E-state index in [1.165, 1.54) is 18.3 Å². The minimum absolute atomic E-state index is 0.0136. The molecule has 2 aromatic rings. The van der Waals surface area contributed by atoms with Gasteiger partial charge in [0, 0.05) is 18.3 Å². The number of aromatic nitrogens is 1. The Kier molecular flexibility index (Phi) is 4.25. The third kappa shape index (κ3) is 3.21. The molecule has 0 aliphatic carbocycles. The molecule has 0 atom stereocenters. The summed E-state index contributed by atoms with van der Waals surface area (Å²) in [6.07, 6.45) is 1.26. The maximum Gasteiger partial charge on any atom is 0.358 e. The maximum absolute atomic E-state index is 11.0. The van der Waals surface area contributed by atoms with Crippen molar-refractivity contribution in [1.82, 2.24) is 4.98 Å². The number of rotatable bonds is 4. The van der Waals surface area contributed by atoms with Crippen LogP contribution in [0.15, 0.2) is 30.5 Å². The van der Waals surface area contributed by atoms with E-state index in [4.69, 9.17) is 33.0 Å². The number of carboxylic acid groups (broad SMARTS) is 1. The lowest BCUT2D eigenvalue weighted by Crippen LogP contribution is -2.03. The van der Waals surface area contributed by atoms with Gasteiger partial charge in [0.25, 0.3) is 0 Å². The fourth-order valence-electron chi connectivity index (χ4n) is 1.49. The molecule has 0 aliphatic heterocycles. The Morgan fingerprint density at radius 2 is 1.95 bits per heavy atom. The second-order valence-corrected chi connectivity index (χ2v) is 4.56. The quantitative estimate of drug-likeness (QED) is 0.676. The third-order valence-corrected chi connectivity index (χ3v) is 3.11. The number of aromatic carboxylic acids is 1. The molecule has 0 bridgehead atoms. The van der Waals surface area contributed by atoms with Crippen molar-refractivity contribution in [3.05, 3.63) is 56.3 Å². The highest BCUT2D eigenvalue weighted by atomic mass is 35.5. The first-order valence-corrected chi connectivity index (χ1v) is 6.15. The van der Waals surface area contributed by atoms with Crippen molar-refractivity contribution in [2.75, 3.05) is 0 Å². The number of halogens is 2. The summed E-state index contributed by atoms with van der Waals surface area (Å²) in [6.45, 7) is 0. The molecule has 0 saturated heterocycles. The zero-order valence-corrected chi connectivity index (χ0v) is 11.6. The molecular weight excluding hydrogens is 323 g/mol. The van der Waals surface area contributed by atoms with E-state index in [2.05, 4.69) is 4.98 Å². The minimum Gasteiger partial charge on any atom is -0.476 e. The Bertz CT molecular complexity index is 736. The number of carbonyl (C=O) groups is 1. The Morgan fingerprint density at radius 3 is 2.57 bits per heavy atom. The molecule has 9 heteroatoms. The van der Waals surface area contributed by atoms with Crippen LogP contribution in [0.3, 0.4) is 0 Å². The van der Waals surface area contributed by atoms with Crippen molar-refractivity contribution in [1.29, 1.82) is 0 Å². The molecule has 0 unspecified atom stereocenters.